The molecule has 0 atom stereocenters. The van der Waals surface area contributed by atoms with Gasteiger partial charge in [-0.3, -0.25) is 0 Å². The molecule has 0 fully saturated rings. The molecular formula is C7H6F2I2N2. The van der Waals surface area contributed by atoms with Crippen molar-refractivity contribution in [3.8, 4) is 0 Å². The Morgan fingerprint density at radius 2 is 2.00 bits per heavy atom. The van der Waals surface area contributed by atoms with E-state index in [9.17, 15) is 8.78 Å². The van der Waals surface area contributed by atoms with E-state index in [-0.39, 0.29) is 12.1 Å². The van der Waals surface area contributed by atoms with Crippen molar-refractivity contribution in [2.24, 2.45) is 5.73 Å². The highest BCUT2D eigenvalue weighted by Crippen LogP contribution is 2.25. The minimum atomic E-state index is -2.48. The average Bonchev–Trinajstić information content (AvgIpc) is 2.03. The Morgan fingerprint density at radius 3 is 2.46 bits per heavy atom. The number of nitrogens with zero attached hydrogens (tertiary/aromatic N) is 1. The first-order valence-corrected chi connectivity index (χ1v) is 5.55. The molecule has 2 nitrogen and oxygen atoms in total. The lowest BCUT2D eigenvalue weighted by molar-refractivity contribution is 0.149. The fraction of sp³-hybridized carbons (Fsp3) is 0.286. The largest absolute Gasteiger partial charge is 0.326 e. The molecule has 72 valence electrons. The van der Waals surface area contributed by atoms with Gasteiger partial charge in [0.05, 0.1) is 5.56 Å². The van der Waals surface area contributed by atoms with Crippen LogP contribution in [0.25, 0.3) is 0 Å². The van der Waals surface area contributed by atoms with Gasteiger partial charge in [0.25, 0.3) is 6.43 Å². The van der Waals surface area contributed by atoms with Crippen molar-refractivity contribution in [2.45, 2.75) is 13.0 Å². The molecule has 1 aromatic heterocycles. The summed E-state index contributed by atoms with van der Waals surface area (Å²) in [6.45, 7) is 0.238. The zero-order chi connectivity index (χ0) is 10.0. The van der Waals surface area contributed by atoms with Crippen molar-refractivity contribution in [3.63, 3.8) is 0 Å². The molecule has 0 aliphatic rings. The van der Waals surface area contributed by atoms with E-state index in [1.165, 1.54) is 6.07 Å². The molecule has 0 aliphatic carbocycles. The Bertz CT molecular complexity index is 318. The van der Waals surface area contributed by atoms with Gasteiger partial charge < -0.3 is 5.73 Å². The first-order valence-electron chi connectivity index (χ1n) is 3.39. The van der Waals surface area contributed by atoms with Crippen LogP contribution < -0.4 is 5.73 Å². The average molecular weight is 410 g/mol. The van der Waals surface area contributed by atoms with Crippen molar-refractivity contribution in [1.82, 2.24) is 4.98 Å². The van der Waals surface area contributed by atoms with Gasteiger partial charge in [-0.1, -0.05) is 0 Å². The van der Waals surface area contributed by atoms with Crippen molar-refractivity contribution in [3.05, 3.63) is 24.6 Å². The number of nitrogens with two attached hydrogens (primary N) is 1. The first-order chi connectivity index (χ1) is 6.06. The van der Waals surface area contributed by atoms with Gasteiger partial charge in [-0.25, -0.2) is 13.8 Å². The summed E-state index contributed by atoms with van der Waals surface area (Å²) in [6, 6.07) is 1.42. The van der Waals surface area contributed by atoms with Gasteiger partial charge in [-0.05, 0) is 56.8 Å². The lowest BCUT2D eigenvalue weighted by Crippen LogP contribution is -2.05. The summed E-state index contributed by atoms with van der Waals surface area (Å²) in [5.41, 5.74) is 6.00. The number of pyridine rings is 1. The third-order valence-corrected chi connectivity index (χ3v) is 3.28. The molecule has 13 heavy (non-hydrogen) atoms. The van der Waals surface area contributed by atoms with Crippen LogP contribution in [-0.4, -0.2) is 4.98 Å². The first kappa shape index (κ1) is 11.5. The Morgan fingerprint density at radius 1 is 1.38 bits per heavy atom. The SMILES string of the molecule is NCc1cc(C(F)F)c(I)nc1I. The van der Waals surface area contributed by atoms with Gasteiger partial charge in [0.2, 0.25) is 0 Å². The van der Waals surface area contributed by atoms with E-state index in [4.69, 9.17) is 5.73 Å². The van der Waals surface area contributed by atoms with Crippen molar-refractivity contribution >= 4 is 45.2 Å². The van der Waals surface area contributed by atoms with Crippen molar-refractivity contribution in [1.29, 1.82) is 0 Å². The quantitative estimate of drug-likeness (QED) is 0.602. The van der Waals surface area contributed by atoms with Crippen LogP contribution >= 0.6 is 45.2 Å². The molecule has 0 saturated carbocycles. The maximum absolute atomic E-state index is 12.4. The molecule has 6 heteroatoms. The lowest BCUT2D eigenvalue weighted by atomic mass is 10.2. The van der Waals surface area contributed by atoms with Crippen molar-refractivity contribution < 1.29 is 8.78 Å². The van der Waals surface area contributed by atoms with Gasteiger partial charge in [0, 0.05) is 6.54 Å². The lowest BCUT2D eigenvalue weighted by Gasteiger charge is -2.06. The molecule has 0 unspecified atom stereocenters. The molecule has 0 aromatic carbocycles. The number of rotatable bonds is 2. The summed E-state index contributed by atoms with van der Waals surface area (Å²) in [5.74, 6) is 0. The van der Waals surface area contributed by atoms with E-state index in [1.807, 2.05) is 22.6 Å². The maximum atomic E-state index is 12.4. The number of aromatic nitrogens is 1. The highest BCUT2D eigenvalue weighted by atomic mass is 127. The molecule has 0 spiro atoms. The van der Waals surface area contributed by atoms with Crippen LogP contribution in [0.2, 0.25) is 0 Å². The summed E-state index contributed by atoms with van der Waals surface area (Å²) in [6.07, 6.45) is -2.48. The number of halogens is 4. The predicted molar refractivity (Wildman–Crippen MR) is 62.5 cm³/mol. The Kier molecular flexibility index (Phi) is 4.23. The zero-order valence-electron chi connectivity index (χ0n) is 6.40. The molecule has 1 aromatic rings. The third-order valence-electron chi connectivity index (χ3n) is 1.48. The number of hydrogen-bond acceptors (Lipinski definition) is 2. The number of hydrogen-bond donors (Lipinski definition) is 1. The van der Waals surface area contributed by atoms with E-state index in [1.54, 1.807) is 22.6 Å². The Hall–Kier alpha value is 0.430. The van der Waals surface area contributed by atoms with E-state index in [2.05, 4.69) is 4.98 Å². The summed E-state index contributed by atoms with van der Waals surface area (Å²) in [4.78, 5) is 3.98. The summed E-state index contributed by atoms with van der Waals surface area (Å²) < 4.78 is 25.8. The van der Waals surface area contributed by atoms with Gasteiger partial charge in [0.1, 0.15) is 7.40 Å². The zero-order valence-corrected chi connectivity index (χ0v) is 10.7. The Balaban J connectivity index is 3.22. The van der Waals surface area contributed by atoms with Crippen LogP contribution in [0.15, 0.2) is 6.07 Å². The van der Waals surface area contributed by atoms with E-state index < -0.39 is 6.43 Å². The standard InChI is InChI=1S/C7H6F2I2N2/c8-5(9)4-1-3(2-12)6(10)13-7(4)11/h1,5H,2,12H2. The molecule has 0 bridgehead atoms. The van der Waals surface area contributed by atoms with E-state index in [0.717, 1.165) is 0 Å². The second-order valence-corrected chi connectivity index (χ2v) is 4.37. The molecule has 0 saturated heterocycles. The van der Waals surface area contributed by atoms with Gasteiger partial charge in [-0.2, -0.15) is 0 Å². The maximum Gasteiger partial charge on any atom is 0.266 e. The highest BCUT2D eigenvalue weighted by Gasteiger charge is 2.15. The molecule has 0 amide bonds. The van der Waals surface area contributed by atoms with Gasteiger partial charge >= 0.3 is 0 Å². The normalized spacial score (nSPS) is 10.9. The molecule has 0 radical (unpaired) electrons. The third kappa shape index (κ3) is 2.69. The summed E-state index contributed by atoms with van der Waals surface area (Å²) >= 11 is 3.78. The topological polar surface area (TPSA) is 38.9 Å². The molecule has 1 rings (SSSR count). The second kappa shape index (κ2) is 4.78. The fourth-order valence-electron chi connectivity index (χ4n) is 0.826. The number of alkyl halides is 2. The molecular weight excluding hydrogens is 404 g/mol. The van der Waals surface area contributed by atoms with E-state index in [0.29, 0.717) is 13.0 Å². The van der Waals surface area contributed by atoms with Crippen LogP contribution in [0.1, 0.15) is 17.6 Å². The Labute approximate surface area is 102 Å². The molecule has 0 aliphatic heterocycles. The van der Waals surface area contributed by atoms with Gasteiger partial charge in [0.15, 0.2) is 0 Å². The van der Waals surface area contributed by atoms with Crippen LogP contribution in [-0.2, 0) is 6.54 Å². The summed E-state index contributed by atoms with van der Waals surface area (Å²) in [5, 5.41) is 0. The fourth-order valence-corrected chi connectivity index (χ4v) is 2.54. The van der Waals surface area contributed by atoms with Crippen molar-refractivity contribution in [2.75, 3.05) is 0 Å². The molecule has 2 N–H and O–H groups in total. The van der Waals surface area contributed by atoms with Crippen LogP contribution in [0.5, 0.6) is 0 Å². The minimum Gasteiger partial charge on any atom is -0.326 e. The smallest absolute Gasteiger partial charge is 0.266 e. The van der Waals surface area contributed by atoms with Gasteiger partial charge in [-0.15, -0.1) is 0 Å². The predicted octanol–water partition coefficient (Wildman–Crippen LogP) is 2.69. The monoisotopic (exact) mass is 410 g/mol. The van der Waals surface area contributed by atoms with Crippen LogP contribution in [0, 0.1) is 7.40 Å². The second-order valence-electron chi connectivity index (χ2n) is 2.32. The van der Waals surface area contributed by atoms with E-state index >= 15 is 0 Å². The minimum absolute atomic E-state index is 0.0403. The van der Waals surface area contributed by atoms with Crippen LogP contribution in [0.3, 0.4) is 0 Å². The molecule has 1 heterocycles. The highest BCUT2D eigenvalue weighted by molar-refractivity contribution is 14.1. The summed E-state index contributed by atoms with van der Waals surface area (Å²) in [7, 11) is 0. The van der Waals surface area contributed by atoms with Crippen LogP contribution in [0.4, 0.5) is 8.78 Å².